The van der Waals surface area contributed by atoms with E-state index in [1.165, 1.54) is 43.4 Å². The van der Waals surface area contributed by atoms with Gasteiger partial charge in [0.25, 0.3) is 0 Å². The van der Waals surface area contributed by atoms with Crippen molar-refractivity contribution in [1.29, 1.82) is 0 Å². The first kappa shape index (κ1) is 17.9. The molecule has 5 nitrogen and oxygen atoms in total. The molecule has 0 radical (unpaired) electrons. The Morgan fingerprint density at radius 1 is 1.05 bits per heavy atom. The molecule has 1 aromatic heterocycles. The summed E-state index contributed by atoms with van der Waals surface area (Å²) in [7, 11) is 0. The largest absolute Gasteiger partial charge is 0.449 e. The summed E-state index contributed by atoms with van der Waals surface area (Å²) in [5.74, 6) is 0. The molecule has 0 aliphatic carbocycles. The van der Waals surface area contributed by atoms with Crippen molar-refractivity contribution in [3.05, 3.63) is 5.01 Å². The number of ether oxygens (including phenoxy) is 1. The Hall–Kier alpha value is -1.17. The molecule has 0 saturated carbocycles. The average Bonchev–Trinajstić information content (AvgIpc) is 2.90. The van der Waals surface area contributed by atoms with Gasteiger partial charge in [-0.2, -0.15) is 0 Å². The van der Waals surface area contributed by atoms with Crippen LogP contribution in [0.5, 0.6) is 0 Å². The summed E-state index contributed by atoms with van der Waals surface area (Å²) in [6.07, 6.45) is 9.99. The number of amides is 1. The fourth-order valence-corrected chi connectivity index (χ4v) is 2.66. The first-order valence-corrected chi connectivity index (χ1v) is 8.84. The molecule has 0 spiro atoms. The molecule has 120 valence electrons. The van der Waals surface area contributed by atoms with Crippen LogP contribution < -0.4 is 5.32 Å². The summed E-state index contributed by atoms with van der Waals surface area (Å²) in [6, 6.07) is 0. The summed E-state index contributed by atoms with van der Waals surface area (Å²) >= 11 is 1.43. The number of aryl methyl sites for hydroxylation is 1. The molecule has 1 rings (SSSR count). The predicted octanol–water partition coefficient (Wildman–Crippen LogP) is 4.79. The molecule has 0 saturated heterocycles. The lowest BCUT2D eigenvalue weighted by Gasteiger charge is -2.02. The Bertz CT molecular complexity index is 396. The van der Waals surface area contributed by atoms with Crippen LogP contribution in [0.25, 0.3) is 0 Å². The van der Waals surface area contributed by atoms with Crippen molar-refractivity contribution in [1.82, 2.24) is 10.2 Å². The molecule has 1 aromatic rings. The maximum absolute atomic E-state index is 11.5. The summed E-state index contributed by atoms with van der Waals surface area (Å²) in [4.78, 5) is 11.5. The first-order chi connectivity index (χ1) is 10.3. The van der Waals surface area contributed by atoms with Crippen molar-refractivity contribution in [3.63, 3.8) is 0 Å². The number of hydrogen-bond acceptors (Lipinski definition) is 5. The van der Waals surface area contributed by atoms with E-state index in [-0.39, 0.29) is 0 Å². The Morgan fingerprint density at radius 3 is 2.52 bits per heavy atom. The van der Waals surface area contributed by atoms with Crippen LogP contribution in [0.2, 0.25) is 0 Å². The quantitative estimate of drug-likeness (QED) is 0.597. The zero-order chi connectivity index (χ0) is 15.3. The van der Waals surface area contributed by atoms with Crippen LogP contribution in [-0.2, 0) is 11.2 Å². The number of hydrogen-bond donors (Lipinski definition) is 1. The van der Waals surface area contributed by atoms with Gasteiger partial charge in [-0.25, -0.2) is 4.79 Å². The van der Waals surface area contributed by atoms with Gasteiger partial charge in [-0.05, 0) is 12.8 Å². The van der Waals surface area contributed by atoms with E-state index in [1.807, 2.05) is 0 Å². The molecule has 0 unspecified atom stereocenters. The van der Waals surface area contributed by atoms with E-state index in [9.17, 15) is 4.79 Å². The topological polar surface area (TPSA) is 64.1 Å². The number of aromatic nitrogens is 2. The van der Waals surface area contributed by atoms with E-state index < -0.39 is 6.09 Å². The Morgan fingerprint density at radius 2 is 1.76 bits per heavy atom. The second-order valence-corrected chi connectivity index (χ2v) is 6.20. The zero-order valence-electron chi connectivity index (χ0n) is 13.2. The molecule has 0 fully saturated rings. The number of carbonyl (C=O) groups excluding carboxylic acids is 1. The molecule has 21 heavy (non-hydrogen) atoms. The van der Waals surface area contributed by atoms with Crippen molar-refractivity contribution in [2.75, 3.05) is 11.9 Å². The van der Waals surface area contributed by atoms with Crippen LogP contribution in [0, 0.1) is 0 Å². The van der Waals surface area contributed by atoms with E-state index in [2.05, 4.69) is 29.4 Å². The fourth-order valence-electron chi connectivity index (χ4n) is 1.89. The maximum Gasteiger partial charge on any atom is 0.413 e. The van der Waals surface area contributed by atoms with Gasteiger partial charge in [0.1, 0.15) is 5.01 Å². The molecular weight excluding hydrogens is 286 g/mol. The van der Waals surface area contributed by atoms with Gasteiger partial charge in [0.05, 0.1) is 6.61 Å². The molecule has 0 aliphatic rings. The number of nitrogens with zero attached hydrogens (tertiary/aromatic N) is 2. The lowest BCUT2D eigenvalue weighted by Crippen LogP contribution is -2.14. The number of rotatable bonds is 11. The second kappa shape index (κ2) is 11.5. The summed E-state index contributed by atoms with van der Waals surface area (Å²) in [5.41, 5.74) is 0. The smallest absolute Gasteiger partial charge is 0.413 e. The van der Waals surface area contributed by atoms with Crippen LogP contribution in [-0.4, -0.2) is 22.9 Å². The third-order valence-corrected chi connectivity index (χ3v) is 4.05. The van der Waals surface area contributed by atoms with Gasteiger partial charge in [-0.3, -0.25) is 5.32 Å². The maximum atomic E-state index is 11.5. The number of carbonyl (C=O) groups is 1. The van der Waals surface area contributed by atoms with Gasteiger partial charge in [0.2, 0.25) is 5.13 Å². The molecule has 0 bridgehead atoms. The molecular formula is C15H27N3O2S. The van der Waals surface area contributed by atoms with Gasteiger partial charge in [0, 0.05) is 6.42 Å². The van der Waals surface area contributed by atoms with Crippen LogP contribution in [0.15, 0.2) is 0 Å². The Balaban J connectivity index is 2.16. The third-order valence-electron chi connectivity index (χ3n) is 3.15. The van der Waals surface area contributed by atoms with E-state index in [0.717, 1.165) is 30.7 Å². The molecule has 1 heterocycles. The van der Waals surface area contributed by atoms with Crippen LogP contribution in [0.4, 0.5) is 9.93 Å². The van der Waals surface area contributed by atoms with Gasteiger partial charge in [-0.1, -0.05) is 63.7 Å². The minimum atomic E-state index is -0.439. The molecule has 0 aliphatic heterocycles. The molecule has 1 amide bonds. The molecule has 0 atom stereocenters. The van der Waals surface area contributed by atoms with Crippen LogP contribution in [0.3, 0.4) is 0 Å². The van der Waals surface area contributed by atoms with E-state index in [1.54, 1.807) is 0 Å². The lowest BCUT2D eigenvalue weighted by molar-refractivity contribution is 0.160. The van der Waals surface area contributed by atoms with Crippen molar-refractivity contribution in [3.8, 4) is 0 Å². The molecule has 0 aromatic carbocycles. The van der Waals surface area contributed by atoms with Crippen LogP contribution >= 0.6 is 11.3 Å². The highest BCUT2D eigenvalue weighted by atomic mass is 32.1. The van der Waals surface area contributed by atoms with Gasteiger partial charge < -0.3 is 4.74 Å². The average molecular weight is 313 g/mol. The van der Waals surface area contributed by atoms with E-state index in [4.69, 9.17) is 4.74 Å². The third kappa shape index (κ3) is 8.65. The summed E-state index contributed by atoms with van der Waals surface area (Å²) in [6.45, 7) is 4.73. The minimum Gasteiger partial charge on any atom is -0.449 e. The fraction of sp³-hybridized carbons (Fsp3) is 0.800. The highest BCUT2D eigenvalue weighted by Gasteiger charge is 2.08. The van der Waals surface area contributed by atoms with Crippen molar-refractivity contribution in [2.45, 2.75) is 71.6 Å². The van der Waals surface area contributed by atoms with Crippen molar-refractivity contribution in [2.24, 2.45) is 0 Å². The van der Waals surface area contributed by atoms with Crippen molar-refractivity contribution >= 4 is 22.6 Å². The summed E-state index contributed by atoms with van der Waals surface area (Å²) < 4.78 is 5.02. The van der Waals surface area contributed by atoms with Gasteiger partial charge in [-0.15, -0.1) is 10.2 Å². The van der Waals surface area contributed by atoms with E-state index >= 15 is 0 Å². The molecule has 6 heteroatoms. The number of nitrogens with one attached hydrogen (secondary N) is 1. The second-order valence-electron chi connectivity index (χ2n) is 5.13. The van der Waals surface area contributed by atoms with Crippen LogP contribution in [0.1, 0.15) is 70.2 Å². The number of anilines is 1. The standard InChI is InChI=1S/C15H27N3O2S/c1-3-5-7-8-9-10-11-13-17-18-14(21-13)16-15(19)20-12-6-4-2/h3-12H2,1-2H3,(H,16,18,19). The Labute approximate surface area is 131 Å². The monoisotopic (exact) mass is 313 g/mol. The van der Waals surface area contributed by atoms with Gasteiger partial charge in [0.15, 0.2) is 0 Å². The zero-order valence-corrected chi connectivity index (χ0v) is 14.0. The Kier molecular flexibility index (Phi) is 9.78. The highest BCUT2D eigenvalue weighted by Crippen LogP contribution is 2.18. The normalized spacial score (nSPS) is 10.6. The van der Waals surface area contributed by atoms with Gasteiger partial charge >= 0.3 is 6.09 Å². The lowest BCUT2D eigenvalue weighted by atomic mass is 10.1. The highest BCUT2D eigenvalue weighted by molar-refractivity contribution is 7.15. The minimum absolute atomic E-state index is 0.439. The van der Waals surface area contributed by atoms with Crippen molar-refractivity contribution < 1.29 is 9.53 Å². The predicted molar refractivity (Wildman–Crippen MR) is 86.9 cm³/mol. The van der Waals surface area contributed by atoms with E-state index in [0.29, 0.717) is 11.7 Å². The number of unbranched alkanes of at least 4 members (excludes halogenated alkanes) is 6. The summed E-state index contributed by atoms with van der Waals surface area (Å²) in [5, 5.41) is 12.2. The SMILES string of the molecule is CCCCCCCCc1nnc(NC(=O)OCCCC)s1. The first-order valence-electron chi connectivity index (χ1n) is 8.02. The molecule has 1 N–H and O–H groups in total.